The second-order valence-corrected chi connectivity index (χ2v) is 9.59. The number of unbranched alkanes of at least 4 members (excludes halogenated alkanes) is 2. The summed E-state index contributed by atoms with van der Waals surface area (Å²) in [5.74, 6) is 0. The summed E-state index contributed by atoms with van der Waals surface area (Å²) in [5.41, 5.74) is 3.45. The van der Waals surface area contributed by atoms with E-state index in [0.29, 0.717) is 6.54 Å². The SMILES string of the molecule is CC(C)S(=O)(=O)NCCCCCNc1ccc(-n2ccc3ccccc32)cc1. The molecule has 0 aliphatic carbocycles. The van der Waals surface area contributed by atoms with Gasteiger partial charge in [0.1, 0.15) is 0 Å². The average Bonchev–Trinajstić information content (AvgIpc) is 3.12. The smallest absolute Gasteiger partial charge is 0.213 e. The molecule has 1 aromatic heterocycles. The van der Waals surface area contributed by atoms with Gasteiger partial charge in [-0.25, -0.2) is 13.1 Å². The highest BCUT2D eigenvalue weighted by Crippen LogP contribution is 2.21. The Bertz CT molecular complexity index is 992. The quantitative estimate of drug-likeness (QED) is 0.492. The molecule has 0 radical (unpaired) electrons. The highest BCUT2D eigenvalue weighted by molar-refractivity contribution is 7.90. The zero-order chi connectivity index (χ0) is 20.0. The normalized spacial score (nSPS) is 12.0. The predicted molar refractivity (Wildman–Crippen MR) is 118 cm³/mol. The molecule has 0 saturated heterocycles. The Morgan fingerprint density at radius 1 is 0.893 bits per heavy atom. The summed E-state index contributed by atoms with van der Waals surface area (Å²) in [6.45, 7) is 4.77. The summed E-state index contributed by atoms with van der Waals surface area (Å²) in [7, 11) is -3.14. The third-order valence-electron chi connectivity index (χ3n) is 4.85. The first-order valence-corrected chi connectivity index (χ1v) is 11.4. The van der Waals surface area contributed by atoms with E-state index in [-0.39, 0.29) is 5.25 Å². The molecule has 2 N–H and O–H groups in total. The first-order valence-electron chi connectivity index (χ1n) is 9.86. The molecule has 3 rings (SSSR count). The molecule has 2 aromatic carbocycles. The molecular formula is C22H29N3O2S. The van der Waals surface area contributed by atoms with Crippen molar-refractivity contribution in [3.8, 4) is 5.69 Å². The number of nitrogens with one attached hydrogen (secondary N) is 2. The van der Waals surface area contributed by atoms with Crippen molar-refractivity contribution in [2.45, 2.75) is 38.4 Å². The lowest BCUT2D eigenvalue weighted by atomic mass is 10.2. The number of aromatic nitrogens is 1. The molecule has 0 unspecified atom stereocenters. The van der Waals surface area contributed by atoms with Crippen LogP contribution in [-0.2, 0) is 10.0 Å². The molecule has 0 amide bonds. The lowest BCUT2D eigenvalue weighted by Crippen LogP contribution is -2.31. The van der Waals surface area contributed by atoms with E-state index in [1.54, 1.807) is 13.8 Å². The molecule has 1 heterocycles. The molecule has 0 aliphatic heterocycles. The summed E-state index contributed by atoms with van der Waals surface area (Å²) in [4.78, 5) is 0. The maximum atomic E-state index is 11.7. The summed E-state index contributed by atoms with van der Waals surface area (Å²) < 4.78 is 28.2. The Morgan fingerprint density at radius 2 is 1.61 bits per heavy atom. The number of hydrogen-bond acceptors (Lipinski definition) is 3. The lowest BCUT2D eigenvalue weighted by molar-refractivity contribution is 0.566. The van der Waals surface area contributed by atoms with Crippen molar-refractivity contribution in [1.82, 2.24) is 9.29 Å². The number of fused-ring (bicyclic) bond motifs is 1. The molecule has 3 aromatic rings. The van der Waals surface area contributed by atoms with Crippen LogP contribution >= 0.6 is 0 Å². The van der Waals surface area contributed by atoms with Crippen molar-refractivity contribution >= 4 is 26.6 Å². The number of benzene rings is 2. The number of anilines is 1. The Labute approximate surface area is 167 Å². The summed E-state index contributed by atoms with van der Waals surface area (Å²) in [5, 5.41) is 4.29. The summed E-state index contributed by atoms with van der Waals surface area (Å²) >= 11 is 0. The van der Waals surface area contributed by atoms with Gasteiger partial charge in [0.25, 0.3) is 0 Å². The number of sulfonamides is 1. The topological polar surface area (TPSA) is 63.1 Å². The van der Waals surface area contributed by atoms with E-state index in [9.17, 15) is 8.42 Å². The van der Waals surface area contributed by atoms with E-state index in [4.69, 9.17) is 0 Å². The van der Waals surface area contributed by atoms with Crippen LogP contribution in [0, 0.1) is 0 Å². The average molecular weight is 400 g/mol. The van der Waals surface area contributed by atoms with Crippen LogP contribution < -0.4 is 10.0 Å². The van der Waals surface area contributed by atoms with Crippen molar-refractivity contribution < 1.29 is 8.42 Å². The fourth-order valence-electron chi connectivity index (χ4n) is 3.09. The maximum Gasteiger partial charge on any atom is 0.213 e. The second-order valence-electron chi connectivity index (χ2n) is 7.27. The minimum Gasteiger partial charge on any atom is -0.385 e. The van der Waals surface area contributed by atoms with E-state index in [1.165, 1.54) is 10.9 Å². The van der Waals surface area contributed by atoms with Crippen molar-refractivity contribution in [3.05, 3.63) is 60.8 Å². The van der Waals surface area contributed by atoms with E-state index in [1.807, 2.05) is 0 Å². The fraction of sp³-hybridized carbons (Fsp3) is 0.364. The minimum atomic E-state index is -3.14. The number of para-hydroxylation sites is 1. The Morgan fingerprint density at radius 3 is 2.36 bits per heavy atom. The number of nitrogens with zero attached hydrogens (tertiary/aromatic N) is 1. The van der Waals surface area contributed by atoms with Crippen LogP contribution in [0.2, 0.25) is 0 Å². The van der Waals surface area contributed by atoms with Crippen molar-refractivity contribution in [2.24, 2.45) is 0 Å². The summed E-state index contributed by atoms with van der Waals surface area (Å²) in [6, 6.07) is 18.9. The maximum absolute atomic E-state index is 11.7. The highest BCUT2D eigenvalue weighted by Gasteiger charge is 2.13. The standard InChI is InChI=1S/C22H29N3O2S/c1-18(2)28(26,27)24-16-7-3-6-15-23-20-10-12-21(13-11-20)25-17-14-19-8-4-5-9-22(19)25/h4-5,8-14,17-18,23-24H,3,6-7,15-16H2,1-2H3. The van der Waals surface area contributed by atoms with Gasteiger partial charge in [-0.15, -0.1) is 0 Å². The van der Waals surface area contributed by atoms with Gasteiger partial charge in [-0.05, 0) is 68.5 Å². The zero-order valence-electron chi connectivity index (χ0n) is 16.6. The molecule has 0 atom stereocenters. The molecular weight excluding hydrogens is 370 g/mol. The zero-order valence-corrected chi connectivity index (χ0v) is 17.4. The van der Waals surface area contributed by atoms with Crippen molar-refractivity contribution in [3.63, 3.8) is 0 Å². The van der Waals surface area contributed by atoms with Crippen molar-refractivity contribution in [2.75, 3.05) is 18.4 Å². The largest absolute Gasteiger partial charge is 0.385 e. The van der Waals surface area contributed by atoms with Crippen LogP contribution in [0.15, 0.2) is 60.8 Å². The van der Waals surface area contributed by atoms with Gasteiger partial charge in [-0.1, -0.05) is 24.6 Å². The number of rotatable bonds is 10. The van der Waals surface area contributed by atoms with E-state index >= 15 is 0 Å². The summed E-state index contributed by atoms with van der Waals surface area (Å²) in [6.07, 6.45) is 4.95. The molecule has 6 heteroatoms. The molecule has 0 fully saturated rings. The fourth-order valence-corrected chi connectivity index (χ4v) is 3.85. The first-order chi connectivity index (χ1) is 13.5. The van der Waals surface area contributed by atoms with Crippen molar-refractivity contribution in [1.29, 1.82) is 0 Å². The van der Waals surface area contributed by atoms with E-state index in [2.05, 4.69) is 75.4 Å². The highest BCUT2D eigenvalue weighted by atomic mass is 32.2. The Hall–Kier alpha value is -2.31. The predicted octanol–water partition coefficient (Wildman–Crippen LogP) is 4.54. The van der Waals surface area contributed by atoms with Crippen LogP contribution in [0.3, 0.4) is 0 Å². The van der Waals surface area contributed by atoms with Gasteiger partial charge in [-0.3, -0.25) is 0 Å². The first kappa shape index (κ1) is 20.4. The Kier molecular flexibility index (Phi) is 6.75. The van der Waals surface area contributed by atoms with Gasteiger partial charge < -0.3 is 9.88 Å². The molecule has 28 heavy (non-hydrogen) atoms. The van der Waals surface area contributed by atoms with Gasteiger partial charge in [-0.2, -0.15) is 0 Å². The van der Waals surface area contributed by atoms with Crippen LogP contribution in [0.5, 0.6) is 0 Å². The number of hydrogen-bond donors (Lipinski definition) is 2. The van der Waals surface area contributed by atoms with Gasteiger partial charge in [0, 0.05) is 30.7 Å². The monoisotopic (exact) mass is 399 g/mol. The van der Waals surface area contributed by atoms with Gasteiger partial charge in [0.05, 0.1) is 10.8 Å². The lowest BCUT2D eigenvalue weighted by Gasteiger charge is -2.10. The molecule has 0 bridgehead atoms. The van der Waals surface area contributed by atoms with Gasteiger partial charge in [0.15, 0.2) is 0 Å². The molecule has 150 valence electrons. The van der Waals surface area contributed by atoms with Crippen LogP contribution in [0.4, 0.5) is 5.69 Å². The van der Waals surface area contributed by atoms with Crippen LogP contribution in [-0.4, -0.2) is 31.3 Å². The second kappa shape index (κ2) is 9.26. The van der Waals surface area contributed by atoms with Crippen LogP contribution in [0.1, 0.15) is 33.1 Å². The molecule has 0 aliphatic rings. The minimum absolute atomic E-state index is 0.373. The Balaban J connectivity index is 1.42. The molecule has 0 saturated carbocycles. The van der Waals surface area contributed by atoms with Gasteiger partial charge in [0.2, 0.25) is 10.0 Å². The molecule has 5 nitrogen and oxygen atoms in total. The van der Waals surface area contributed by atoms with Gasteiger partial charge >= 0.3 is 0 Å². The third-order valence-corrected chi connectivity index (χ3v) is 6.70. The van der Waals surface area contributed by atoms with E-state index in [0.717, 1.165) is 37.2 Å². The third kappa shape index (κ3) is 5.14. The van der Waals surface area contributed by atoms with E-state index < -0.39 is 10.0 Å². The van der Waals surface area contributed by atoms with Crippen LogP contribution in [0.25, 0.3) is 16.6 Å². The molecule has 0 spiro atoms.